The molecule has 0 saturated carbocycles. The van der Waals surface area contributed by atoms with Gasteiger partial charge in [-0.3, -0.25) is 9.48 Å². The van der Waals surface area contributed by atoms with E-state index in [0.717, 1.165) is 0 Å². The van der Waals surface area contributed by atoms with E-state index in [-0.39, 0.29) is 28.3 Å². The highest BCUT2D eigenvalue weighted by Crippen LogP contribution is 2.16. The Morgan fingerprint density at radius 1 is 1.67 bits per heavy atom. The van der Waals surface area contributed by atoms with E-state index in [1.165, 1.54) is 0 Å². The molecule has 0 radical (unpaired) electrons. The fourth-order valence-corrected chi connectivity index (χ4v) is 3.79. The van der Waals surface area contributed by atoms with Crippen molar-refractivity contribution in [3.8, 4) is 0 Å². The van der Waals surface area contributed by atoms with Crippen LogP contribution in [-0.4, -0.2) is 41.7 Å². The number of nitrogens with one attached hydrogen (secondary N) is 1. The van der Waals surface area contributed by atoms with Crippen LogP contribution in [0.3, 0.4) is 0 Å². The van der Waals surface area contributed by atoms with Gasteiger partial charge in [0.1, 0.15) is 0 Å². The Kier molecular flexibility index (Phi) is 3.63. The molecule has 1 aromatic rings. The van der Waals surface area contributed by atoms with Crippen LogP contribution in [0.15, 0.2) is 6.20 Å². The lowest BCUT2D eigenvalue weighted by molar-refractivity contribution is 0.0935. The van der Waals surface area contributed by atoms with Gasteiger partial charge in [0.2, 0.25) is 0 Å². The minimum atomic E-state index is -3.01. The summed E-state index contributed by atoms with van der Waals surface area (Å²) in [5.74, 6) is -0.311. The number of nitrogens with zero attached hydrogens (tertiary/aromatic N) is 2. The van der Waals surface area contributed by atoms with Gasteiger partial charge in [-0.2, -0.15) is 5.10 Å². The standard InChI is InChI=1S/C10H14ClN3O3S/c1-2-14-5-8(11)9(13-14)10(15)12-7-3-4-18(16,17)6-7/h5,7H,2-4,6H2,1H3,(H,12,15)/t7-/m1/s1. The molecule has 2 rings (SSSR count). The Balaban J connectivity index is 2.06. The van der Waals surface area contributed by atoms with Crippen LogP contribution in [-0.2, 0) is 16.4 Å². The monoisotopic (exact) mass is 291 g/mol. The van der Waals surface area contributed by atoms with E-state index in [2.05, 4.69) is 10.4 Å². The molecule has 100 valence electrons. The van der Waals surface area contributed by atoms with Crippen molar-refractivity contribution in [1.82, 2.24) is 15.1 Å². The van der Waals surface area contributed by atoms with E-state index in [1.807, 2.05) is 6.92 Å². The van der Waals surface area contributed by atoms with Gasteiger partial charge in [0.15, 0.2) is 15.5 Å². The van der Waals surface area contributed by atoms with Crippen molar-refractivity contribution in [3.63, 3.8) is 0 Å². The van der Waals surface area contributed by atoms with E-state index in [9.17, 15) is 13.2 Å². The zero-order chi connectivity index (χ0) is 13.3. The zero-order valence-corrected chi connectivity index (χ0v) is 11.5. The third kappa shape index (κ3) is 2.84. The van der Waals surface area contributed by atoms with Crippen LogP contribution < -0.4 is 5.32 Å². The second-order valence-electron chi connectivity index (χ2n) is 4.25. The largest absolute Gasteiger partial charge is 0.347 e. The van der Waals surface area contributed by atoms with Crippen molar-refractivity contribution in [1.29, 1.82) is 0 Å². The minimum Gasteiger partial charge on any atom is -0.347 e. The number of hydrogen-bond donors (Lipinski definition) is 1. The number of carbonyl (C=O) groups is 1. The summed E-state index contributed by atoms with van der Waals surface area (Å²) in [5, 5.41) is 6.95. The van der Waals surface area contributed by atoms with E-state index >= 15 is 0 Å². The molecule has 0 spiro atoms. The van der Waals surface area contributed by atoms with Gasteiger partial charge in [-0.1, -0.05) is 11.6 Å². The molecule has 1 amide bonds. The maximum Gasteiger partial charge on any atom is 0.273 e. The van der Waals surface area contributed by atoms with Gasteiger partial charge in [0.25, 0.3) is 5.91 Å². The van der Waals surface area contributed by atoms with Crippen molar-refractivity contribution < 1.29 is 13.2 Å². The van der Waals surface area contributed by atoms with Crippen LogP contribution in [0.2, 0.25) is 5.02 Å². The Bertz CT molecular complexity index is 567. The molecule has 1 aromatic heterocycles. The summed E-state index contributed by atoms with van der Waals surface area (Å²) in [6, 6.07) is -0.342. The van der Waals surface area contributed by atoms with Crippen LogP contribution in [0, 0.1) is 0 Å². The molecule has 0 aliphatic carbocycles. The first kappa shape index (κ1) is 13.4. The van der Waals surface area contributed by atoms with E-state index in [0.29, 0.717) is 13.0 Å². The fourth-order valence-electron chi connectivity index (χ4n) is 1.88. The van der Waals surface area contributed by atoms with Gasteiger partial charge in [0, 0.05) is 18.8 Å². The highest BCUT2D eigenvalue weighted by molar-refractivity contribution is 7.91. The molecule has 0 bridgehead atoms. The fraction of sp³-hybridized carbons (Fsp3) is 0.600. The molecular weight excluding hydrogens is 278 g/mol. The van der Waals surface area contributed by atoms with Crippen LogP contribution in [0.5, 0.6) is 0 Å². The average molecular weight is 292 g/mol. The van der Waals surface area contributed by atoms with Crippen molar-refractivity contribution in [2.24, 2.45) is 0 Å². The highest BCUT2D eigenvalue weighted by Gasteiger charge is 2.30. The number of halogens is 1. The number of aryl methyl sites for hydroxylation is 1. The maximum atomic E-state index is 11.9. The number of amides is 1. The van der Waals surface area contributed by atoms with Crippen molar-refractivity contribution >= 4 is 27.3 Å². The SMILES string of the molecule is CCn1cc(Cl)c(C(=O)N[C@@H]2CCS(=O)(=O)C2)n1. The second-order valence-corrected chi connectivity index (χ2v) is 6.89. The first-order valence-electron chi connectivity index (χ1n) is 5.65. The molecule has 0 unspecified atom stereocenters. The molecule has 2 heterocycles. The number of aromatic nitrogens is 2. The van der Waals surface area contributed by atoms with E-state index in [4.69, 9.17) is 11.6 Å². The molecule has 1 N–H and O–H groups in total. The van der Waals surface area contributed by atoms with Gasteiger partial charge in [0.05, 0.1) is 16.5 Å². The van der Waals surface area contributed by atoms with Crippen LogP contribution in [0.1, 0.15) is 23.8 Å². The molecule has 1 fully saturated rings. The third-order valence-electron chi connectivity index (χ3n) is 2.82. The summed E-state index contributed by atoms with van der Waals surface area (Å²) in [6.45, 7) is 2.50. The zero-order valence-electron chi connectivity index (χ0n) is 9.89. The lowest BCUT2D eigenvalue weighted by atomic mass is 10.2. The summed E-state index contributed by atoms with van der Waals surface area (Å²) < 4.78 is 24.1. The molecule has 1 aliphatic heterocycles. The van der Waals surface area contributed by atoms with Crippen LogP contribution in [0.25, 0.3) is 0 Å². The first-order chi connectivity index (χ1) is 8.41. The molecule has 0 aromatic carbocycles. The van der Waals surface area contributed by atoms with Crippen LogP contribution >= 0.6 is 11.6 Å². The lowest BCUT2D eigenvalue weighted by Gasteiger charge is -2.09. The summed E-state index contributed by atoms with van der Waals surface area (Å²) in [5.41, 5.74) is 0.141. The quantitative estimate of drug-likeness (QED) is 0.878. The maximum absolute atomic E-state index is 11.9. The van der Waals surface area contributed by atoms with Crippen molar-refractivity contribution in [3.05, 3.63) is 16.9 Å². The first-order valence-corrected chi connectivity index (χ1v) is 7.85. The second kappa shape index (κ2) is 4.89. The minimum absolute atomic E-state index is 0.00908. The topological polar surface area (TPSA) is 81.1 Å². The normalized spacial score (nSPS) is 22.0. The third-order valence-corrected chi connectivity index (χ3v) is 4.87. The molecule has 1 atom stereocenters. The summed E-state index contributed by atoms with van der Waals surface area (Å²) in [7, 11) is -3.01. The number of hydrogen-bond acceptors (Lipinski definition) is 4. The molecular formula is C10H14ClN3O3S. The number of carbonyl (C=O) groups excluding carboxylic acids is 1. The van der Waals surface area contributed by atoms with Gasteiger partial charge in [-0.25, -0.2) is 8.42 Å². The molecule has 1 aliphatic rings. The van der Waals surface area contributed by atoms with E-state index < -0.39 is 15.7 Å². The summed E-state index contributed by atoms with van der Waals surface area (Å²) in [6.07, 6.45) is 2.02. The molecule has 8 heteroatoms. The lowest BCUT2D eigenvalue weighted by Crippen LogP contribution is -2.36. The summed E-state index contributed by atoms with van der Waals surface area (Å²) >= 11 is 5.90. The van der Waals surface area contributed by atoms with Crippen molar-refractivity contribution in [2.45, 2.75) is 25.9 Å². The summed E-state index contributed by atoms with van der Waals surface area (Å²) in [4.78, 5) is 11.9. The van der Waals surface area contributed by atoms with Gasteiger partial charge < -0.3 is 5.32 Å². The predicted molar refractivity (Wildman–Crippen MR) is 67.4 cm³/mol. The molecule has 6 nitrogen and oxygen atoms in total. The highest BCUT2D eigenvalue weighted by atomic mass is 35.5. The Morgan fingerprint density at radius 2 is 2.39 bits per heavy atom. The Hall–Kier alpha value is -1.08. The van der Waals surface area contributed by atoms with Crippen molar-refractivity contribution in [2.75, 3.05) is 11.5 Å². The Labute approximate surface area is 110 Å². The predicted octanol–water partition coefficient (Wildman–Crippen LogP) is 0.473. The number of sulfone groups is 1. The van der Waals surface area contributed by atoms with Gasteiger partial charge >= 0.3 is 0 Å². The van der Waals surface area contributed by atoms with Gasteiger partial charge in [-0.05, 0) is 13.3 Å². The number of rotatable bonds is 3. The van der Waals surface area contributed by atoms with Crippen LogP contribution in [0.4, 0.5) is 0 Å². The van der Waals surface area contributed by atoms with Gasteiger partial charge in [-0.15, -0.1) is 0 Å². The molecule has 18 heavy (non-hydrogen) atoms. The van der Waals surface area contributed by atoms with E-state index in [1.54, 1.807) is 10.9 Å². The average Bonchev–Trinajstić information content (AvgIpc) is 2.81. The smallest absolute Gasteiger partial charge is 0.273 e. The molecule has 1 saturated heterocycles. The Morgan fingerprint density at radius 3 is 2.89 bits per heavy atom.